The smallest absolute Gasteiger partial charge is 0.407 e. The molecule has 0 spiro atoms. The number of alkyl halides is 1. The number of nitrogens with zero attached hydrogens (tertiary/aromatic N) is 5. The molecule has 10 nitrogen and oxygen atoms in total. The molecule has 2 fully saturated rings. The summed E-state index contributed by atoms with van der Waals surface area (Å²) in [5, 5.41) is 12.6. The van der Waals surface area contributed by atoms with Gasteiger partial charge >= 0.3 is 6.09 Å². The molecule has 0 bridgehead atoms. The Hall–Kier alpha value is -4.16. The summed E-state index contributed by atoms with van der Waals surface area (Å²) in [5.41, 5.74) is -0.876. The van der Waals surface area contributed by atoms with Crippen LogP contribution in [0.4, 0.5) is 29.6 Å². The minimum absolute atomic E-state index is 0.0413. The van der Waals surface area contributed by atoms with Crippen LogP contribution in [0.1, 0.15) is 33.1 Å². The molecular formula is C27H29F3N6O4. The zero-order chi connectivity index (χ0) is 28.7. The van der Waals surface area contributed by atoms with Crippen molar-refractivity contribution in [1.82, 2.24) is 19.4 Å². The molecule has 0 radical (unpaired) electrons. The van der Waals surface area contributed by atoms with Gasteiger partial charge in [-0.15, -0.1) is 0 Å². The van der Waals surface area contributed by atoms with Crippen LogP contribution in [0, 0.1) is 17.6 Å². The number of halogens is 3. The highest BCUT2D eigenvalue weighted by molar-refractivity contribution is 5.97. The van der Waals surface area contributed by atoms with Crippen LogP contribution in [0.15, 0.2) is 29.2 Å². The first-order chi connectivity index (χ1) is 19.1. The van der Waals surface area contributed by atoms with E-state index in [-0.39, 0.29) is 66.3 Å². The number of carboxylic acid groups (broad SMARTS) is 1. The zero-order valence-electron chi connectivity index (χ0n) is 22.0. The predicted octanol–water partition coefficient (Wildman–Crippen LogP) is 4.02. The molecule has 3 aromatic rings. The molecule has 2 aliphatic rings. The number of nitrogens with one attached hydrogen (secondary N) is 1. The van der Waals surface area contributed by atoms with Crippen molar-refractivity contribution < 1.29 is 27.9 Å². The number of carbonyl (C=O) groups is 2. The summed E-state index contributed by atoms with van der Waals surface area (Å²) in [6.45, 7) is 3.85. The van der Waals surface area contributed by atoms with Crippen molar-refractivity contribution in [3.05, 3.63) is 46.4 Å². The number of benzene rings is 1. The number of fused-ring (bicyclic) bond motifs is 1. The number of anilines is 2. The normalized spacial score (nSPS) is 21.3. The van der Waals surface area contributed by atoms with Crippen LogP contribution < -0.4 is 15.8 Å². The third-order valence-corrected chi connectivity index (χ3v) is 7.60. The summed E-state index contributed by atoms with van der Waals surface area (Å²) in [7, 11) is 0. The number of amides is 2. The van der Waals surface area contributed by atoms with E-state index in [0.29, 0.717) is 24.8 Å². The summed E-state index contributed by atoms with van der Waals surface area (Å²) in [6, 6.07) is 3.41. The van der Waals surface area contributed by atoms with Gasteiger partial charge in [0.1, 0.15) is 11.8 Å². The second-order valence-electron chi connectivity index (χ2n) is 10.1. The van der Waals surface area contributed by atoms with Crippen molar-refractivity contribution in [2.24, 2.45) is 5.92 Å². The highest BCUT2D eigenvalue weighted by Gasteiger charge is 2.34. The first-order valence-electron chi connectivity index (χ1n) is 13.2. The van der Waals surface area contributed by atoms with Gasteiger partial charge in [0.25, 0.3) is 5.56 Å². The minimum Gasteiger partial charge on any atom is -0.465 e. The lowest BCUT2D eigenvalue weighted by atomic mass is 10.0. The Morgan fingerprint density at radius 2 is 1.93 bits per heavy atom. The summed E-state index contributed by atoms with van der Waals surface area (Å²) in [6.07, 6.45) is 0.0670. The van der Waals surface area contributed by atoms with Gasteiger partial charge in [0.15, 0.2) is 11.6 Å². The number of rotatable bonds is 6. The van der Waals surface area contributed by atoms with Gasteiger partial charge in [-0.3, -0.25) is 14.2 Å². The van der Waals surface area contributed by atoms with Gasteiger partial charge < -0.3 is 20.2 Å². The average molecular weight is 559 g/mol. The molecule has 2 saturated heterocycles. The molecule has 40 heavy (non-hydrogen) atoms. The van der Waals surface area contributed by atoms with Gasteiger partial charge in [0, 0.05) is 55.2 Å². The molecule has 2 amide bonds. The van der Waals surface area contributed by atoms with E-state index >= 15 is 8.78 Å². The summed E-state index contributed by atoms with van der Waals surface area (Å²) in [4.78, 5) is 48.2. The summed E-state index contributed by atoms with van der Waals surface area (Å²) < 4.78 is 46.0. The number of piperidine rings is 1. The maximum atomic E-state index is 15.4. The van der Waals surface area contributed by atoms with E-state index < -0.39 is 35.5 Å². The number of likely N-dealkylation sites (tertiary alicyclic amines) is 1. The fourth-order valence-corrected chi connectivity index (χ4v) is 5.51. The molecule has 1 unspecified atom stereocenters. The van der Waals surface area contributed by atoms with E-state index in [0.717, 1.165) is 4.90 Å². The minimum atomic E-state index is -1.35. The van der Waals surface area contributed by atoms with Crippen LogP contribution in [0.25, 0.3) is 22.2 Å². The average Bonchev–Trinajstić information content (AvgIpc) is 3.29. The van der Waals surface area contributed by atoms with Gasteiger partial charge in [-0.2, -0.15) is 4.98 Å². The first-order valence-corrected chi connectivity index (χ1v) is 13.2. The SMILES string of the molecule is CCC1CCN(c2ccc(-c3cc4cnc(N[C@H]5C[C@H](F)CN(C(=O)O)C5)nc4n(CC)c3=O)c(F)c2F)C1=O. The molecule has 2 N–H and O–H groups in total. The Balaban J connectivity index is 1.49. The van der Waals surface area contributed by atoms with Crippen molar-refractivity contribution >= 4 is 34.7 Å². The van der Waals surface area contributed by atoms with E-state index in [1.807, 2.05) is 6.92 Å². The fraction of sp³-hybridized carbons (Fsp3) is 0.444. The van der Waals surface area contributed by atoms with Gasteiger partial charge in [0.05, 0.1) is 17.8 Å². The molecule has 0 saturated carbocycles. The lowest BCUT2D eigenvalue weighted by Gasteiger charge is -2.33. The van der Waals surface area contributed by atoms with Gasteiger partial charge in [-0.25, -0.2) is 22.9 Å². The molecule has 0 aliphatic carbocycles. The van der Waals surface area contributed by atoms with E-state index in [9.17, 15) is 23.9 Å². The number of hydrogen-bond acceptors (Lipinski definition) is 6. The van der Waals surface area contributed by atoms with Crippen LogP contribution >= 0.6 is 0 Å². The molecule has 4 heterocycles. The standard InChI is InChI=1S/C27H29F3N6O4/c1-3-14-7-8-36(24(14)37)20-6-5-18(21(29)22(20)30)19-9-15-11-31-26(33-23(15)35(4-2)25(19)38)32-17-10-16(28)12-34(13-17)27(39)40/h5-6,9,11,14,16-17H,3-4,7-8,10,12-13H2,1-2H3,(H,39,40)(H,31,32,33)/t14?,16-,17-/m0/s1. The maximum Gasteiger partial charge on any atom is 0.407 e. The maximum absolute atomic E-state index is 15.4. The summed E-state index contributed by atoms with van der Waals surface area (Å²) >= 11 is 0. The van der Waals surface area contributed by atoms with Gasteiger partial charge in [0.2, 0.25) is 11.9 Å². The Morgan fingerprint density at radius 1 is 1.15 bits per heavy atom. The molecule has 1 aromatic carbocycles. The molecule has 3 atom stereocenters. The van der Waals surface area contributed by atoms with Crippen LogP contribution in [-0.2, 0) is 11.3 Å². The van der Waals surface area contributed by atoms with Crippen molar-refractivity contribution in [1.29, 1.82) is 0 Å². The lowest BCUT2D eigenvalue weighted by molar-refractivity contribution is -0.120. The van der Waals surface area contributed by atoms with Crippen LogP contribution in [0.2, 0.25) is 0 Å². The molecular weight excluding hydrogens is 529 g/mol. The Kier molecular flexibility index (Phi) is 7.39. The largest absolute Gasteiger partial charge is 0.465 e. The van der Waals surface area contributed by atoms with Crippen molar-refractivity contribution in [3.8, 4) is 11.1 Å². The number of pyridine rings is 1. The third kappa shape index (κ3) is 4.84. The Morgan fingerprint density at radius 3 is 2.60 bits per heavy atom. The highest BCUT2D eigenvalue weighted by Crippen LogP contribution is 2.34. The topological polar surface area (TPSA) is 121 Å². The molecule has 5 rings (SSSR count). The number of carbonyl (C=O) groups excluding carboxylic acids is 1. The van der Waals surface area contributed by atoms with E-state index in [1.165, 1.54) is 33.9 Å². The third-order valence-electron chi connectivity index (χ3n) is 7.60. The monoisotopic (exact) mass is 558 g/mol. The van der Waals surface area contributed by atoms with Crippen LogP contribution in [0.3, 0.4) is 0 Å². The predicted molar refractivity (Wildman–Crippen MR) is 142 cm³/mol. The molecule has 2 aromatic heterocycles. The second-order valence-corrected chi connectivity index (χ2v) is 10.1. The van der Waals surface area contributed by atoms with Crippen LogP contribution in [0.5, 0.6) is 0 Å². The van der Waals surface area contributed by atoms with Gasteiger partial charge in [-0.05, 0) is 38.0 Å². The van der Waals surface area contributed by atoms with E-state index in [2.05, 4.69) is 15.3 Å². The summed E-state index contributed by atoms with van der Waals surface area (Å²) in [5.74, 6) is -2.83. The Labute approximate surface area is 227 Å². The van der Waals surface area contributed by atoms with Crippen molar-refractivity contribution in [2.45, 2.75) is 51.9 Å². The second kappa shape index (κ2) is 10.8. The van der Waals surface area contributed by atoms with E-state index in [1.54, 1.807) is 6.92 Å². The first kappa shape index (κ1) is 27.4. The van der Waals surface area contributed by atoms with Crippen molar-refractivity contribution in [2.75, 3.05) is 29.9 Å². The zero-order valence-corrected chi connectivity index (χ0v) is 22.0. The van der Waals surface area contributed by atoms with Gasteiger partial charge in [-0.1, -0.05) is 6.92 Å². The van der Waals surface area contributed by atoms with Crippen LogP contribution in [-0.4, -0.2) is 68.4 Å². The molecule has 212 valence electrons. The number of aryl methyl sites for hydroxylation is 1. The highest BCUT2D eigenvalue weighted by atomic mass is 19.2. The molecule has 2 aliphatic heterocycles. The lowest BCUT2D eigenvalue weighted by Crippen LogP contribution is -2.49. The number of hydrogen-bond donors (Lipinski definition) is 2. The Bertz CT molecular complexity index is 1550. The quantitative estimate of drug-likeness (QED) is 0.469. The fourth-order valence-electron chi connectivity index (χ4n) is 5.51. The molecule has 13 heteroatoms. The van der Waals surface area contributed by atoms with Crippen molar-refractivity contribution in [3.63, 3.8) is 0 Å². The number of aromatic nitrogens is 3. The van der Waals surface area contributed by atoms with E-state index in [4.69, 9.17) is 0 Å².